The molecule has 1 aromatic carbocycles. The van der Waals surface area contributed by atoms with Crippen molar-refractivity contribution in [2.75, 3.05) is 19.1 Å². The van der Waals surface area contributed by atoms with Crippen LogP contribution in [0.15, 0.2) is 30.3 Å². The summed E-state index contributed by atoms with van der Waals surface area (Å²) in [5.41, 5.74) is 2.16. The van der Waals surface area contributed by atoms with E-state index in [1.807, 2.05) is 25.2 Å². The summed E-state index contributed by atoms with van der Waals surface area (Å²) in [5.74, 6) is 0. The minimum absolute atomic E-state index is 0.456. The summed E-state index contributed by atoms with van der Waals surface area (Å²) in [6.07, 6.45) is 0. The van der Waals surface area contributed by atoms with E-state index in [4.69, 9.17) is 9.72 Å². The van der Waals surface area contributed by atoms with E-state index >= 15 is 0 Å². The normalized spacial score (nSPS) is 11.1. The van der Waals surface area contributed by atoms with Gasteiger partial charge in [-0.15, -0.1) is 0 Å². The second kappa shape index (κ2) is 7.54. The highest BCUT2D eigenvalue weighted by atomic mass is 32.1. The van der Waals surface area contributed by atoms with Crippen LogP contribution in [0.3, 0.4) is 0 Å². The van der Waals surface area contributed by atoms with Crippen molar-refractivity contribution >= 4 is 22.2 Å². The summed E-state index contributed by atoms with van der Waals surface area (Å²) >= 11 is 1.72. The highest BCUT2D eigenvalue weighted by Crippen LogP contribution is 2.30. The number of nitrogens with one attached hydrogen (secondary N) is 1. The van der Waals surface area contributed by atoms with E-state index in [0.717, 1.165) is 23.1 Å². The van der Waals surface area contributed by atoms with Crippen LogP contribution in [0.4, 0.5) is 10.8 Å². The quantitative estimate of drug-likeness (QED) is 0.849. The van der Waals surface area contributed by atoms with Crippen molar-refractivity contribution in [1.82, 2.24) is 10.3 Å². The van der Waals surface area contributed by atoms with Gasteiger partial charge in [-0.25, -0.2) is 4.98 Å². The van der Waals surface area contributed by atoms with Crippen molar-refractivity contribution < 1.29 is 4.74 Å². The Balaban J connectivity index is 2.21. The Labute approximate surface area is 130 Å². The van der Waals surface area contributed by atoms with Crippen molar-refractivity contribution in [1.29, 1.82) is 0 Å². The van der Waals surface area contributed by atoms with Gasteiger partial charge in [-0.05, 0) is 12.1 Å². The van der Waals surface area contributed by atoms with Crippen molar-refractivity contribution in [2.45, 2.75) is 33.0 Å². The van der Waals surface area contributed by atoms with Crippen LogP contribution in [0.2, 0.25) is 0 Å². The Morgan fingerprint density at radius 2 is 2.00 bits per heavy atom. The van der Waals surface area contributed by atoms with Crippen LogP contribution in [0.5, 0.6) is 0 Å². The van der Waals surface area contributed by atoms with E-state index in [2.05, 4.69) is 36.2 Å². The van der Waals surface area contributed by atoms with E-state index in [-0.39, 0.29) is 0 Å². The monoisotopic (exact) mass is 305 g/mol. The Morgan fingerprint density at radius 3 is 2.62 bits per heavy atom. The second-order valence-electron chi connectivity index (χ2n) is 5.23. The summed E-state index contributed by atoms with van der Waals surface area (Å²) < 4.78 is 5.27. The third kappa shape index (κ3) is 4.27. The van der Waals surface area contributed by atoms with Gasteiger partial charge in [0.25, 0.3) is 0 Å². The standard InChI is InChI=1S/C16H23N3OS/c1-12(2)17-10-15-14(11-20-4)18-16(21-15)19(3)13-8-6-5-7-9-13/h5-9,12,17H,10-11H2,1-4H3. The number of para-hydroxylation sites is 1. The molecule has 1 heterocycles. The molecule has 1 aromatic heterocycles. The zero-order valence-electron chi connectivity index (χ0n) is 13.1. The molecule has 0 aliphatic carbocycles. The predicted molar refractivity (Wildman–Crippen MR) is 89.3 cm³/mol. The largest absolute Gasteiger partial charge is 0.378 e. The highest BCUT2D eigenvalue weighted by molar-refractivity contribution is 7.15. The molecular formula is C16H23N3OS. The number of anilines is 2. The Bertz CT molecular complexity index is 554. The number of hydrogen-bond acceptors (Lipinski definition) is 5. The van der Waals surface area contributed by atoms with Crippen molar-refractivity contribution in [3.8, 4) is 0 Å². The van der Waals surface area contributed by atoms with Crippen LogP contribution < -0.4 is 10.2 Å². The first kappa shape index (κ1) is 15.9. The van der Waals surface area contributed by atoms with Crippen LogP contribution in [-0.2, 0) is 17.9 Å². The fourth-order valence-electron chi connectivity index (χ4n) is 1.96. The molecule has 0 fully saturated rings. The minimum Gasteiger partial charge on any atom is -0.378 e. The van der Waals surface area contributed by atoms with Gasteiger partial charge in [0.2, 0.25) is 0 Å². The van der Waals surface area contributed by atoms with Crippen LogP contribution >= 0.6 is 11.3 Å². The zero-order chi connectivity index (χ0) is 15.2. The molecule has 2 aromatic rings. The topological polar surface area (TPSA) is 37.4 Å². The van der Waals surface area contributed by atoms with Crippen LogP contribution in [0.1, 0.15) is 24.4 Å². The molecule has 0 radical (unpaired) electrons. The summed E-state index contributed by atoms with van der Waals surface area (Å²) in [5, 5.41) is 4.44. The molecule has 21 heavy (non-hydrogen) atoms. The summed E-state index contributed by atoms with van der Waals surface area (Å²) in [6.45, 7) is 5.67. The Morgan fingerprint density at radius 1 is 1.29 bits per heavy atom. The van der Waals surface area contributed by atoms with Gasteiger partial charge in [0.05, 0.1) is 12.3 Å². The van der Waals surface area contributed by atoms with Crippen LogP contribution in [0, 0.1) is 0 Å². The van der Waals surface area contributed by atoms with E-state index in [1.165, 1.54) is 4.88 Å². The third-order valence-electron chi connectivity index (χ3n) is 3.15. The maximum Gasteiger partial charge on any atom is 0.190 e. The maximum atomic E-state index is 5.27. The Hall–Kier alpha value is -1.43. The lowest BCUT2D eigenvalue weighted by atomic mass is 10.3. The van der Waals surface area contributed by atoms with Gasteiger partial charge in [0.1, 0.15) is 0 Å². The molecule has 0 unspecified atom stereocenters. The maximum absolute atomic E-state index is 5.27. The van der Waals surface area contributed by atoms with E-state index < -0.39 is 0 Å². The number of thiazole rings is 1. The lowest BCUT2D eigenvalue weighted by molar-refractivity contribution is 0.181. The van der Waals surface area contributed by atoms with Gasteiger partial charge in [-0.1, -0.05) is 43.4 Å². The molecule has 0 amide bonds. The number of hydrogen-bond donors (Lipinski definition) is 1. The third-order valence-corrected chi connectivity index (χ3v) is 4.32. The average Bonchev–Trinajstić information content (AvgIpc) is 2.89. The predicted octanol–water partition coefficient (Wildman–Crippen LogP) is 3.56. The summed E-state index contributed by atoms with van der Waals surface area (Å²) in [6, 6.07) is 10.7. The smallest absolute Gasteiger partial charge is 0.190 e. The SMILES string of the molecule is COCc1nc(N(C)c2ccccc2)sc1CNC(C)C. The van der Waals surface area contributed by atoms with Gasteiger partial charge in [-0.2, -0.15) is 0 Å². The van der Waals surface area contributed by atoms with E-state index in [1.54, 1.807) is 18.4 Å². The highest BCUT2D eigenvalue weighted by Gasteiger charge is 2.15. The molecule has 1 N–H and O–H groups in total. The van der Waals surface area contributed by atoms with Crippen molar-refractivity contribution in [3.05, 3.63) is 40.9 Å². The fraction of sp³-hybridized carbons (Fsp3) is 0.438. The first-order valence-corrected chi connectivity index (χ1v) is 7.93. The fourth-order valence-corrected chi connectivity index (χ4v) is 2.96. The second-order valence-corrected chi connectivity index (χ2v) is 6.29. The molecule has 0 atom stereocenters. The molecule has 2 rings (SSSR count). The first-order chi connectivity index (χ1) is 10.1. The molecule has 114 valence electrons. The lowest BCUT2D eigenvalue weighted by Crippen LogP contribution is -2.21. The Kier molecular flexibility index (Phi) is 5.73. The van der Waals surface area contributed by atoms with Gasteiger partial charge in [-0.3, -0.25) is 0 Å². The van der Waals surface area contributed by atoms with E-state index in [0.29, 0.717) is 12.6 Å². The summed E-state index contributed by atoms with van der Waals surface area (Å²) in [4.78, 5) is 8.09. The van der Waals surface area contributed by atoms with Crippen LogP contribution in [-0.4, -0.2) is 25.2 Å². The number of nitrogens with zero attached hydrogens (tertiary/aromatic N) is 2. The number of rotatable bonds is 7. The zero-order valence-corrected chi connectivity index (χ0v) is 13.9. The molecule has 5 heteroatoms. The van der Waals surface area contributed by atoms with Gasteiger partial charge < -0.3 is 15.0 Å². The van der Waals surface area contributed by atoms with Crippen molar-refractivity contribution in [2.24, 2.45) is 0 Å². The number of methoxy groups -OCH3 is 1. The van der Waals surface area contributed by atoms with Crippen LogP contribution in [0.25, 0.3) is 0 Å². The molecule has 0 aliphatic rings. The molecule has 0 bridgehead atoms. The average molecular weight is 305 g/mol. The van der Waals surface area contributed by atoms with Gasteiger partial charge >= 0.3 is 0 Å². The number of ether oxygens (including phenoxy) is 1. The molecular weight excluding hydrogens is 282 g/mol. The summed E-state index contributed by atoms with van der Waals surface area (Å²) in [7, 11) is 3.75. The molecule has 0 spiro atoms. The number of benzene rings is 1. The van der Waals surface area contributed by atoms with Crippen molar-refractivity contribution in [3.63, 3.8) is 0 Å². The minimum atomic E-state index is 0.456. The lowest BCUT2D eigenvalue weighted by Gasteiger charge is -2.15. The molecule has 0 saturated carbocycles. The molecule has 0 aliphatic heterocycles. The number of aromatic nitrogens is 1. The molecule has 4 nitrogen and oxygen atoms in total. The van der Waals surface area contributed by atoms with E-state index in [9.17, 15) is 0 Å². The first-order valence-electron chi connectivity index (χ1n) is 7.11. The van der Waals surface area contributed by atoms with Gasteiger partial charge in [0.15, 0.2) is 5.13 Å². The van der Waals surface area contributed by atoms with Gasteiger partial charge in [0, 0.05) is 37.3 Å². The molecule has 0 saturated heterocycles.